The van der Waals surface area contributed by atoms with Crippen LogP contribution >= 0.6 is 27.7 Å². The van der Waals surface area contributed by atoms with E-state index in [0.29, 0.717) is 10.5 Å². The number of anilines is 1. The molecule has 1 aromatic heterocycles. The van der Waals surface area contributed by atoms with Crippen LogP contribution in [0.2, 0.25) is 0 Å². The molecule has 2 rings (SSSR count). The zero-order valence-corrected chi connectivity index (χ0v) is 11.4. The van der Waals surface area contributed by atoms with Crippen molar-refractivity contribution in [1.29, 1.82) is 0 Å². The van der Waals surface area contributed by atoms with Crippen LogP contribution in [0.1, 0.15) is 13.8 Å². The molecule has 0 spiro atoms. The van der Waals surface area contributed by atoms with Crippen molar-refractivity contribution in [3.63, 3.8) is 0 Å². The number of hydrogen-bond donors (Lipinski definition) is 0. The molecule has 1 aliphatic heterocycles. The standard InChI is InChI=1S/C11H15BrN2S/c1-8-6-14(7-9(2)15-8)11-5-3-4-10(12)13-11/h3-5,8-9H,6-7H2,1-2H3. The molecule has 1 aliphatic rings. The van der Waals surface area contributed by atoms with E-state index in [1.165, 1.54) is 0 Å². The van der Waals surface area contributed by atoms with E-state index in [2.05, 4.69) is 57.5 Å². The average Bonchev–Trinajstić information content (AvgIpc) is 2.16. The summed E-state index contributed by atoms with van der Waals surface area (Å²) in [6.45, 7) is 6.76. The van der Waals surface area contributed by atoms with Crippen LogP contribution in [-0.2, 0) is 0 Å². The first-order valence-corrected chi connectivity index (χ1v) is 6.91. The highest BCUT2D eigenvalue weighted by Gasteiger charge is 2.22. The minimum Gasteiger partial charge on any atom is -0.354 e. The summed E-state index contributed by atoms with van der Waals surface area (Å²) >= 11 is 5.48. The normalized spacial score (nSPS) is 26.7. The molecule has 2 unspecified atom stereocenters. The van der Waals surface area contributed by atoms with E-state index in [0.717, 1.165) is 23.5 Å². The van der Waals surface area contributed by atoms with Gasteiger partial charge in [0.2, 0.25) is 0 Å². The molecule has 1 fully saturated rings. The van der Waals surface area contributed by atoms with Gasteiger partial charge in [-0.05, 0) is 28.1 Å². The Hall–Kier alpha value is -0.220. The van der Waals surface area contributed by atoms with Crippen LogP contribution in [0.5, 0.6) is 0 Å². The van der Waals surface area contributed by atoms with Gasteiger partial charge in [-0.3, -0.25) is 0 Å². The van der Waals surface area contributed by atoms with Crippen LogP contribution in [-0.4, -0.2) is 28.6 Å². The molecular weight excluding hydrogens is 272 g/mol. The first kappa shape index (κ1) is 11.3. The smallest absolute Gasteiger partial charge is 0.129 e. The molecule has 1 aromatic rings. The van der Waals surface area contributed by atoms with Gasteiger partial charge in [-0.25, -0.2) is 4.98 Å². The third-order valence-corrected chi connectivity index (χ3v) is 4.11. The minimum atomic E-state index is 0.689. The maximum Gasteiger partial charge on any atom is 0.129 e. The maximum absolute atomic E-state index is 4.50. The summed E-state index contributed by atoms with van der Waals surface area (Å²) in [7, 11) is 0. The van der Waals surface area contributed by atoms with E-state index in [1.807, 2.05) is 12.1 Å². The SMILES string of the molecule is CC1CN(c2cccc(Br)n2)CC(C)S1. The molecule has 2 atom stereocenters. The zero-order valence-electron chi connectivity index (χ0n) is 8.98. The lowest BCUT2D eigenvalue weighted by atomic mass is 10.3. The molecular formula is C11H15BrN2S. The van der Waals surface area contributed by atoms with Crippen LogP contribution in [0.15, 0.2) is 22.8 Å². The largest absolute Gasteiger partial charge is 0.354 e. The van der Waals surface area contributed by atoms with Gasteiger partial charge in [0, 0.05) is 23.6 Å². The fraction of sp³-hybridized carbons (Fsp3) is 0.545. The summed E-state index contributed by atoms with van der Waals surface area (Å²) in [4.78, 5) is 6.87. The van der Waals surface area contributed by atoms with Gasteiger partial charge in [0.15, 0.2) is 0 Å². The number of hydrogen-bond acceptors (Lipinski definition) is 3. The molecule has 0 aromatic carbocycles. The van der Waals surface area contributed by atoms with Gasteiger partial charge in [-0.1, -0.05) is 19.9 Å². The van der Waals surface area contributed by atoms with Crippen LogP contribution in [0, 0.1) is 0 Å². The molecule has 0 saturated carbocycles. The molecule has 1 saturated heterocycles. The topological polar surface area (TPSA) is 16.1 Å². The number of rotatable bonds is 1. The minimum absolute atomic E-state index is 0.689. The predicted octanol–water partition coefficient (Wildman–Crippen LogP) is 3.17. The van der Waals surface area contributed by atoms with Crippen molar-refractivity contribution in [2.45, 2.75) is 24.3 Å². The molecule has 2 nitrogen and oxygen atoms in total. The quantitative estimate of drug-likeness (QED) is 0.738. The van der Waals surface area contributed by atoms with E-state index in [9.17, 15) is 0 Å². The number of halogens is 1. The second-order valence-electron chi connectivity index (χ2n) is 3.98. The zero-order chi connectivity index (χ0) is 10.8. The van der Waals surface area contributed by atoms with Crippen LogP contribution in [0.4, 0.5) is 5.82 Å². The fourth-order valence-electron chi connectivity index (χ4n) is 1.94. The van der Waals surface area contributed by atoms with Crippen molar-refractivity contribution < 1.29 is 0 Å². The van der Waals surface area contributed by atoms with Crippen LogP contribution in [0.25, 0.3) is 0 Å². The van der Waals surface area contributed by atoms with Gasteiger partial charge in [0.05, 0.1) is 0 Å². The predicted molar refractivity (Wildman–Crippen MR) is 70.7 cm³/mol. The van der Waals surface area contributed by atoms with E-state index >= 15 is 0 Å². The third-order valence-electron chi connectivity index (χ3n) is 2.44. The second kappa shape index (κ2) is 4.74. The summed E-state index contributed by atoms with van der Waals surface area (Å²) in [6, 6.07) is 6.10. The first-order chi connectivity index (χ1) is 7.15. The van der Waals surface area contributed by atoms with Gasteiger partial charge >= 0.3 is 0 Å². The van der Waals surface area contributed by atoms with Gasteiger partial charge in [0.1, 0.15) is 10.4 Å². The molecule has 4 heteroatoms. The Morgan fingerprint density at radius 3 is 2.60 bits per heavy atom. The Labute approximate surface area is 104 Å². The lowest BCUT2D eigenvalue weighted by Crippen LogP contribution is -2.40. The number of thioether (sulfide) groups is 1. The van der Waals surface area contributed by atoms with E-state index in [4.69, 9.17) is 0 Å². The van der Waals surface area contributed by atoms with Crippen molar-refractivity contribution in [1.82, 2.24) is 4.98 Å². The van der Waals surface area contributed by atoms with Crippen molar-refractivity contribution in [3.05, 3.63) is 22.8 Å². The molecule has 0 radical (unpaired) electrons. The van der Waals surface area contributed by atoms with Crippen molar-refractivity contribution >= 4 is 33.5 Å². The van der Waals surface area contributed by atoms with Crippen molar-refractivity contribution in [3.8, 4) is 0 Å². The highest BCUT2D eigenvalue weighted by molar-refractivity contribution is 9.10. The Balaban J connectivity index is 2.16. The molecule has 0 N–H and O–H groups in total. The molecule has 0 bridgehead atoms. The Kier molecular flexibility index (Phi) is 3.57. The summed E-state index contributed by atoms with van der Waals surface area (Å²) in [5.74, 6) is 1.09. The van der Waals surface area contributed by atoms with Gasteiger partial charge in [-0.15, -0.1) is 0 Å². The first-order valence-electron chi connectivity index (χ1n) is 5.18. The number of nitrogens with zero attached hydrogens (tertiary/aromatic N) is 2. The Bertz CT molecular complexity index is 335. The summed E-state index contributed by atoms with van der Waals surface area (Å²) in [6.07, 6.45) is 0. The Morgan fingerprint density at radius 2 is 2.00 bits per heavy atom. The van der Waals surface area contributed by atoms with Gasteiger partial charge < -0.3 is 4.90 Å². The second-order valence-corrected chi connectivity index (χ2v) is 6.67. The van der Waals surface area contributed by atoms with Gasteiger partial charge in [0.25, 0.3) is 0 Å². The Morgan fingerprint density at radius 1 is 1.33 bits per heavy atom. The van der Waals surface area contributed by atoms with Crippen molar-refractivity contribution in [2.24, 2.45) is 0 Å². The van der Waals surface area contributed by atoms with E-state index in [1.54, 1.807) is 0 Å². The average molecular weight is 287 g/mol. The van der Waals surface area contributed by atoms with Gasteiger partial charge in [-0.2, -0.15) is 11.8 Å². The fourth-order valence-corrected chi connectivity index (χ4v) is 3.60. The maximum atomic E-state index is 4.50. The molecule has 0 aliphatic carbocycles. The number of pyridine rings is 1. The lowest BCUT2D eigenvalue weighted by molar-refractivity contribution is 0.718. The number of aromatic nitrogens is 1. The van der Waals surface area contributed by atoms with E-state index in [-0.39, 0.29) is 0 Å². The molecule has 0 amide bonds. The summed E-state index contributed by atoms with van der Waals surface area (Å²) < 4.78 is 0.915. The molecule has 2 heterocycles. The summed E-state index contributed by atoms with van der Waals surface area (Å²) in [5, 5.41) is 1.38. The highest BCUT2D eigenvalue weighted by Crippen LogP contribution is 2.27. The molecule has 15 heavy (non-hydrogen) atoms. The summed E-state index contributed by atoms with van der Waals surface area (Å²) in [5.41, 5.74) is 0. The highest BCUT2D eigenvalue weighted by atomic mass is 79.9. The van der Waals surface area contributed by atoms with Crippen molar-refractivity contribution in [2.75, 3.05) is 18.0 Å². The van der Waals surface area contributed by atoms with Crippen LogP contribution < -0.4 is 4.90 Å². The lowest BCUT2D eigenvalue weighted by Gasteiger charge is -2.35. The monoisotopic (exact) mass is 286 g/mol. The molecule has 82 valence electrons. The van der Waals surface area contributed by atoms with Crippen LogP contribution in [0.3, 0.4) is 0 Å². The third kappa shape index (κ3) is 2.88. The van der Waals surface area contributed by atoms with E-state index < -0.39 is 0 Å².